The molecular weight excluding hydrogens is 438 g/mol. The van der Waals surface area contributed by atoms with Gasteiger partial charge in [0, 0.05) is 29.4 Å². The Kier molecular flexibility index (Phi) is 6.48. The van der Waals surface area contributed by atoms with Crippen LogP contribution in [0, 0.1) is 25.7 Å². The number of piperidine rings is 3. The van der Waals surface area contributed by atoms with Crippen molar-refractivity contribution in [1.29, 1.82) is 0 Å². The number of hydrogen-bond donors (Lipinski definition) is 1. The summed E-state index contributed by atoms with van der Waals surface area (Å²) in [7, 11) is 1.66. The molecule has 1 amide bonds. The third-order valence-electron chi connectivity index (χ3n) is 7.49. The highest BCUT2D eigenvalue weighted by atomic mass is 16.6. The van der Waals surface area contributed by atoms with Crippen molar-refractivity contribution in [3.63, 3.8) is 0 Å². The van der Waals surface area contributed by atoms with Crippen LogP contribution in [-0.2, 0) is 4.74 Å². The Bertz CT molecular complexity index is 1240. The number of pyridine rings is 1. The summed E-state index contributed by atoms with van der Waals surface area (Å²) >= 11 is 0. The minimum absolute atomic E-state index is 0.0896. The molecule has 3 fully saturated rings. The molecule has 182 valence electrons. The minimum Gasteiger partial charge on any atom is -0.497 e. The number of hydrogen-bond acceptors (Lipinski definition) is 5. The molecule has 3 saturated heterocycles. The monoisotopic (exact) mass is 471 g/mol. The number of anilines is 1. The second-order valence-corrected chi connectivity index (χ2v) is 9.86. The standard InChI is InChI=1S/C29H33N3O3/c1-5-20-17-32-11-9-21(20)15-27(32)28(35-29(33)31-22-13-18(2)12-19(3)14-22)24-8-10-30-26-7-6-23(34-4)16-25(24)26/h5-8,10,12-14,16,20-21,27-28H,1,9,11,15,17H2,2-4H3,(H,31,33)/t20-,21?,27-,28+/m0/s1. The predicted molar refractivity (Wildman–Crippen MR) is 139 cm³/mol. The highest BCUT2D eigenvalue weighted by Gasteiger charge is 2.44. The molecule has 6 nitrogen and oxygen atoms in total. The topological polar surface area (TPSA) is 63.7 Å². The SMILES string of the molecule is C=C[C@H]1CN2CCC1C[C@H]2[C@H](OC(=O)Nc1cc(C)cc(C)c1)c1ccnc2ccc(OC)cc12. The van der Waals surface area contributed by atoms with Gasteiger partial charge in [-0.25, -0.2) is 4.79 Å². The van der Waals surface area contributed by atoms with Crippen molar-refractivity contribution in [3.05, 3.63) is 78.0 Å². The number of benzene rings is 2. The summed E-state index contributed by atoms with van der Waals surface area (Å²) < 4.78 is 11.8. The summed E-state index contributed by atoms with van der Waals surface area (Å²) in [5.41, 5.74) is 4.74. The van der Waals surface area contributed by atoms with E-state index in [1.165, 1.54) is 0 Å². The number of nitrogens with zero attached hydrogens (tertiary/aromatic N) is 2. The van der Waals surface area contributed by atoms with Crippen LogP contribution in [0.4, 0.5) is 10.5 Å². The molecule has 2 bridgehead atoms. The number of aryl methyl sites for hydroxylation is 2. The zero-order chi connectivity index (χ0) is 24.5. The zero-order valence-corrected chi connectivity index (χ0v) is 20.7. The Labute approximate surface area is 206 Å². The number of methoxy groups -OCH3 is 1. The van der Waals surface area contributed by atoms with Gasteiger partial charge in [0.15, 0.2) is 0 Å². The fourth-order valence-electron chi connectivity index (χ4n) is 5.87. The number of nitrogens with one attached hydrogen (secondary N) is 1. The van der Waals surface area contributed by atoms with Crippen molar-refractivity contribution in [3.8, 4) is 5.75 Å². The van der Waals surface area contributed by atoms with Gasteiger partial charge in [0.25, 0.3) is 0 Å². The van der Waals surface area contributed by atoms with E-state index < -0.39 is 12.2 Å². The number of ether oxygens (including phenoxy) is 2. The lowest BCUT2D eigenvalue weighted by Gasteiger charge is -2.51. The molecule has 5 atom stereocenters. The molecule has 0 saturated carbocycles. The Morgan fingerprint density at radius 2 is 2.00 bits per heavy atom. The van der Waals surface area contributed by atoms with Crippen molar-refractivity contribution in [1.82, 2.24) is 9.88 Å². The number of aromatic nitrogens is 1. The molecule has 0 aliphatic carbocycles. The number of carbonyl (C=O) groups is 1. The first kappa shape index (κ1) is 23.4. The maximum absolute atomic E-state index is 13.2. The number of rotatable bonds is 6. The van der Waals surface area contributed by atoms with Gasteiger partial charge in [-0.05, 0) is 92.6 Å². The van der Waals surface area contributed by atoms with Gasteiger partial charge in [-0.15, -0.1) is 6.58 Å². The normalized spacial score (nSPS) is 24.1. The Morgan fingerprint density at radius 3 is 2.69 bits per heavy atom. The molecule has 0 spiro atoms. The van der Waals surface area contributed by atoms with Gasteiger partial charge in [0.1, 0.15) is 11.9 Å². The smallest absolute Gasteiger partial charge is 0.412 e. The first-order valence-corrected chi connectivity index (χ1v) is 12.3. The zero-order valence-electron chi connectivity index (χ0n) is 20.7. The van der Waals surface area contributed by atoms with E-state index in [-0.39, 0.29) is 6.04 Å². The summed E-state index contributed by atoms with van der Waals surface area (Å²) in [4.78, 5) is 20.3. The molecule has 0 radical (unpaired) electrons. The average Bonchev–Trinajstić information content (AvgIpc) is 2.86. The molecule has 3 aliphatic heterocycles. The van der Waals surface area contributed by atoms with E-state index in [2.05, 4.69) is 33.9 Å². The second kappa shape index (κ2) is 9.70. The largest absolute Gasteiger partial charge is 0.497 e. The van der Waals surface area contributed by atoms with Gasteiger partial charge in [-0.3, -0.25) is 15.2 Å². The number of carbonyl (C=O) groups excluding carboxylic acids is 1. The summed E-state index contributed by atoms with van der Waals surface area (Å²) in [5, 5.41) is 3.90. The molecule has 2 aromatic carbocycles. The van der Waals surface area contributed by atoms with Crippen LogP contribution >= 0.6 is 0 Å². The molecule has 6 rings (SSSR count). The average molecular weight is 472 g/mol. The van der Waals surface area contributed by atoms with Crippen LogP contribution in [0.5, 0.6) is 5.75 Å². The highest BCUT2D eigenvalue weighted by molar-refractivity contribution is 5.87. The maximum atomic E-state index is 13.2. The Hall–Kier alpha value is -3.38. The van der Waals surface area contributed by atoms with E-state index >= 15 is 0 Å². The van der Waals surface area contributed by atoms with E-state index in [1.807, 2.05) is 50.2 Å². The Balaban J connectivity index is 1.51. The first-order valence-electron chi connectivity index (χ1n) is 12.3. The van der Waals surface area contributed by atoms with Gasteiger partial charge < -0.3 is 9.47 Å². The predicted octanol–water partition coefficient (Wildman–Crippen LogP) is 6.05. The van der Waals surface area contributed by atoms with Gasteiger partial charge in [-0.1, -0.05) is 12.1 Å². The lowest BCUT2D eigenvalue weighted by Crippen LogP contribution is -2.55. The molecule has 1 N–H and O–H groups in total. The van der Waals surface area contributed by atoms with Crippen LogP contribution in [0.15, 0.2) is 61.3 Å². The van der Waals surface area contributed by atoms with E-state index in [1.54, 1.807) is 13.3 Å². The third kappa shape index (κ3) is 4.76. The summed E-state index contributed by atoms with van der Waals surface area (Å²) in [5.74, 6) is 1.79. The molecule has 35 heavy (non-hydrogen) atoms. The van der Waals surface area contributed by atoms with Crippen LogP contribution in [0.2, 0.25) is 0 Å². The van der Waals surface area contributed by atoms with E-state index in [0.29, 0.717) is 11.8 Å². The quantitative estimate of drug-likeness (QED) is 0.444. The molecule has 3 aromatic rings. The minimum atomic E-state index is -0.448. The van der Waals surface area contributed by atoms with Gasteiger partial charge in [0.2, 0.25) is 0 Å². The molecular formula is C29H33N3O3. The van der Waals surface area contributed by atoms with Gasteiger partial charge >= 0.3 is 6.09 Å². The first-order chi connectivity index (χ1) is 16.9. The van der Waals surface area contributed by atoms with Gasteiger partial charge in [-0.2, -0.15) is 0 Å². The number of fused-ring (bicyclic) bond motifs is 4. The van der Waals surface area contributed by atoms with Crippen LogP contribution in [0.25, 0.3) is 10.9 Å². The van der Waals surface area contributed by atoms with Crippen molar-refractivity contribution >= 4 is 22.7 Å². The molecule has 3 aliphatic rings. The molecule has 6 heteroatoms. The lowest BCUT2D eigenvalue weighted by atomic mass is 9.73. The van der Waals surface area contributed by atoms with Crippen molar-refractivity contribution < 1.29 is 14.3 Å². The van der Waals surface area contributed by atoms with E-state index in [0.717, 1.165) is 65.0 Å². The van der Waals surface area contributed by atoms with Crippen LogP contribution in [0.3, 0.4) is 0 Å². The highest BCUT2D eigenvalue weighted by Crippen LogP contribution is 2.43. The van der Waals surface area contributed by atoms with Crippen molar-refractivity contribution in [2.24, 2.45) is 11.8 Å². The van der Waals surface area contributed by atoms with Gasteiger partial charge in [0.05, 0.1) is 18.7 Å². The van der Waals surface area contributed by atoms with Crippen LogP contribution in [0.1, 0.15) is 35.6 Å². The molecule has 2 unspecified atom stereocenters. The van der Waals surface area contributed by atoms with E-state index in [4.69, 9.17) is 9.47 Å². The third-order valence-corrected chi connectivity index (χ3v) is 7.49. The summed E-state index contributed by atoms with van der Waals surface area (Å²) in [6.45, 7) is 10.0. The molecule has 4 heterocycles. The maximum Gasteiger partial charge on any atom is 0.412 e. The lowest BCUT2D eigenvalue weighted by molar-refractivity contribution is -0.0473. The second-order valence-electron chi connectivity index (χ2n) is 9.86. The van der Waals surface area contributed by atoms with Crippen LogP contribution in [-0.4, -0.2) is 42.2 Å². The molecule has 1 aromatic heterocycles. The van der Waals surface area contributed by atoms with Crippen molar-refractivity contribution in [2.75, 3.05) is 25.5 Å². The van der Waals surface area contributed by atoms with E-state index in [9.17, 15) is 4.79 Å². The fourth-order valence-corrected chi connectivity index (χ4v) is 5.87. The van der Waals surface area contributed by atoms with Crippen molar-refractivity contribution in [2.45, 2.75) is 38.8 Å². The summed E-state index contributed by atoms with van der Waals surface area (Å²) in [6.07, 6.45) is 5.11. The van der Waals surface area contributed by atoms with Crippen LogP contribution < -0.4 is 10.1 Å². The summed E-state index contributed by atoms with van der Waals surface area (Å²) in [6, 6.07) is 13.9. The Morgan fingerprint density at radius 1 is 1.20 bits per heavy atom. The number of amides is 1. The fraction of sp³-hybridized carbons (Fsp3) is 0.379.